The summed E-state index contributed by atoms with van der Waals surface area (Å²) in [5.74, 6) is 0.927. The summed E-state index contributed by atoms with van der Waals surface area (Å²) in [6, 6.07) is 8.02. The summed E-state index contributed by atoms with van der Waals surface area (Å²) in [4.78, 5) is 0. The second-order valence-electron chi connectivity index (χ2n) is 3.36. The minimum atomic E-state index is 0.0312. The number of rotatable bonds is 1. The summed E-state index contributed by atoms with van der Waals surface area (Å²) < 4.78 is 5.58. The summed E-state index contributed by atoms with van der Waals surface area (Å²) in [6.07, 6.45) is 0. The molecule has 1 aromatic heterocycles. The Kier molecular flexibility index (Phi) is 1.85. The van der Waals surface area contributed by atoms with E-state index in [1.807, 2.05) is 38.1 Å². The lowest BCUT2D eigenvalue weighted by atomic mass is 10.1. The van der Waals surface area contributed by atoms with Gasteiger partial charge in [-0.1, -0.05) is 18.2 Å². The number of para-hydroxylation sites is 1. The van der Waals surface area contributed by atoms with Crippen molar-refractivity contribution in [3.8, 4) is 0 Å². The van der Waals surface area contributed by atoms with Crippen molar-refractivity contribution in [3.63, 3.8) is 0 Å². The molecule has 2 nitrogen and oxygen atoms in total. The summed E-state index contributed by atoms with van der Waals surface area (Å²) in [5.41, 5.74) is 7.91. The van der Waals surface area contributed by atoms with Crippen molar-refractivity contribution in [1.82, 2.24) is 0 Å². The van der Waals surface area contributed by atoms with Gasteiger partial charge in [-0.2, -0.15) is 0 Å². The maximum absolute atomic E-state index is 5.87. The molecular formula is C11H13NO. The van der Waals surface area contributed by atoms with E-state index in [0.717, 1.165) is 22.3 Å². The van der Waals surface area contributed by atoms with Crippen LogP contribution < -0.4 is 5.73 Å². The molecule has 0 amide bonds. The molecule has 1 heterocycles. The van der Waals surface area contributed by atoms with Gasteiger partial charge in [0.25, 0.3) is 0 Å². The fourth-order valence-electron chi connectivity index (χ4n) is 1.75. The van der Waals surface area contributed by atoms with Gasteiger partial charge in [0.1, 0.15) is 11.3 Å². The van der Waals surface area contributed by atoms with E-state index in [2.05, 4.69) is 0 Å². The molecule has 2 rings (SSSR count). The minimum absolute atomic E-state index is 0.0312. The molecule has 1 aromatic carbocycles. The average molecular weight is 175 g/mol. The first-order valence-corrected chi connectivity index (χ1v) is 4.43. The highest BCUT2D eigenvalue weighted by molar-refractivity contribution is 5.82. The van der Waals surface area contributed by atoms with Crippen molar-refractivity contribution >= 4 is 11.0 Å². The molecule has 1 atom stereocenters. The number of nitrogens with two attached hydrogens (primary N) is 1. The Balaban J connectivity index is 2.78. The van der Waals surface area contributed by atoms with Crippen molar-refractivity contribution in [2.75, 3.05) is 0 Å². The van der Waals surface area contributed by atoms with Crippen LogP contribution in [0.2, 0.25) is 0 Å². The minimum Gasteiger partial charge on any atom is -0.461 e. The van der Waals surface area contributed by atoms with Crippen LogP contribution in [-0.2, 0) is 0 Å². The molecule has 0 aliphatic carbocycles. The van der Waals surface area contributed by atoms with E-state index in [4.69, 9.17) is 10.2 Å². The van der Waals surface area contributed by atoms with E-state index >= 15 is 0 Å². The first-order valence-electron chi connectivity index (χ1n) is 4.43. The molecule has 0 fully saturated rings. The van der Waals surface area contributed by atoms with Gasteiger partial charge in [0.15, 0.2) is 0 Å². The highest BCUT2D eigenvalue weighted by atomic mass is 16.3. The number of hydrogen-bond donors (Lipinski definition) is 1. The maximum Gasteiger partial charge on any atom is 0.134 e. The molecule has 0 bridgehead atoms. The van der Waals surface area contributed by atoms with Crippen molar-refractivity contribution in [3.05, 3.63) is 35.6 Å². The van der Waals surface area contributed by atoms with Crippen LogP contribution in [-0.4, -0.2) is 0 Å². The molecule has 0 radical (unpaired) electrons. The fraction of sp³-hybridized carbons (Fsp3) is 0.273. The van der Waals surface area contributed by atoms with Crippen LogP contribution in [0.4, 0.5) is 0 Å². The van der Waals surface area contributed by atoms with Gasteiger partial charge in [0, 0.05) is 17.0 Å². The Morgan fingerprint density at radius 1 is 1.31 bits per heavy atom. The largest absolute Gasteiger partial charge is 0.461 e. The Labute approximate surface area is 77.3 Å². The van der Waals surface area contributed by atoms with Gasteiger partial charge in [0.2, 0.25) is 0 Å². The summed E-state index contributed by atoms with van der Waals surface area (Å²) in [7, 11) is 0. The van der Waals surface area contributed by atoms with Crippen LogP contribution in [0.15, 0.2) is 28.7 Å². The van der Waals surface area contributed by atoms with Crippen LogP contribution in [0.25, 0.3) is 11.0 Å². The number of aryl methyl sites for hydroxylation is 1. The lowest BCUT2D eigenvalue weighted by molar-refractivity contribution is 0.566. The van der Waals surface area contributed by atoms with Crippen molar-refractivity contribution in [2.24, 2.45) is 5.73 Å². The fourth-order valence-corrected chi connectivity index (χ4v) is 1.75. The predicted octanol–water partition coefficient (Wildman–Crippen LogP) is 2.76. The summed E-state index contributed by atoms with van der Waals surface area (Å²) in [6.45, 7) is 3.93. The van der Waals surface area contributed by atoms with Crippen LogP contribution in [0, 0.1) is 6.92 Å². The Bertz CT molecular complexity index is 429. The number of hydrogen-bond acceptors (Lipinski definition) is 2. The zero-order chi connectivity index (χ0) is 9.42. The first kappa shape index (κ1) is 8.32. The van der Waals surface area contributed by atoms with Crippen LogP contribution in [0.3, 0.4) is 0 Å². The molecular weight excluding hydrogens is 162 g/mol. The Morgan fingerprint density at radius 2 is 2.00 bits per heavy atom. The highest BCUT2D eigenvalue weighted by Gasteiger charge is 2.12. The van der Waals surface area contributed by atoms with Gasteiger partial charge in [-0.05, 0) is 19.9 Å². The first-order chi connectivity index (χ1) is 6.20. The van der Waals surface area contributed by atoms with Gasteiger partial charge in [-0.3, -0.25) is 0 Å². The van der Waals surface area contributed by atoms with Gasteiger partial charge in [-0.25, -0.2) is 0 Å². The summed E-state index contributed by atoms with van der Waals surface area (Å²) >= 11 is 0. The molecule has 2 N–H and O–H groups in total. The van der Waals surface area contributed by atoms with E-state index in [1.54, 1.807) is 0 Å². The third-order valence-electron chi connectivity index (χ3n) is 2.27. The monoisotopic (exact) mass is 175 g/mol. The van der Waals surface area contributed by atoms with Crippen LogP contribution in [0.1, 0.15) is 24.3 Å². The zero-order valence-corrected chi connectivity index (χ0v) is 7.87. The van der Waals surface area contributed by atoms with E-state index in [0.29, 0.717) is 0 Å². The van der Waals surface area contributed by atoms with Crippen molar-refractivity contribution < 1.29 is 4.42 Å². The maximum atomic E-state index is 5.87. The molecule has 0 spiro atoms. The topological polar surface area (TPSA) is 39.2 Å². The number of furan rings is 1. The quantitative estimate of drug-likeness (QED) is 0.723. The third-order valence-corrected chi connectivity index (χ3v) is 2.27. The van der Waals surface area contributed by atoms with Gasteiger partial charge in [-0.15, -0.1) is 0 Å². The Morgan fingerprint density at radius 3 is 2.69 bits per heavy atom. The third kappa shape index (κ3) is 1.23. The number of benzene rings is 1. The molecule has 0 saturated carbocycles. The molecule has 0 aliphatic rings. The van der Waals surface area contributed by atoms with E-state index in [1.165, 1.54) is 0 Å². The lowest BCUT2D eigenvalue weighted by Gasteiger charge is -2.02. The normalized spacial score (nSPS) is 13.5. The van der Waals surface area contributed by atoms with Crippen LogP contribution in [0.5, 0.6) is 0 Å². The zero-order valence-electron chi connectivity index (χ0n) is 7.87. The number of fused-ring (bicyclic) bond motifs is 1. The predicted molar refractivity (Wildman–Crippen MR) is 53.6 cm³/mol. The van der Waals surface area contributed by atoms with Gasteiger partial charge >= 0.3 is 0 Å². The van der Waals surface area contributed by atoms with E-state index in [9.17, 15) is 0 Å². The molecule has 0 saturated heterocycles. The molecule has 68 valence electrons. The van der Waals surface area contributed by atoms with Gasteiger partial charge in [0.05, 0.1) is 0 Å². The highest BCUT2D eigenvalue weighted by Crippen LogP contribution is 2.28. The standard InChI is InChI=1S/C11H13NO/c1-7(12)11-8(2)13-10-6-4-3-5-9(10)11/h3-7H,12H2,1-2H3. The van der Waals surface area contributed by atoms with E-state index < -0.39 is 0 Å². The Hall–Kier alpha value is -1.28. The molecule has 2 aromatic rings. The second-order valence-corrected chi connectivity index (χ2v) is 3.36. The summed E-state index contributed by atoms with van der Waals surface area (Å²) in [5, 5.41) is 1.13. The molecule has 1 unspecified atom stereocenters. The van der Waals surface area contributed by atoms with Gasteiger partial charge < -0.3 is 10.2 Å². The van der Waals surface area contributed by atoms with Crippen molar-refractivity contribution in [1.29, 1.82) is 0 Å². The molecule has 0 aliphatic heterocycles. The smallest absolute Gasteiger partial charge is 0.134 e. The van der Waals surface area contributed by atoms with E-state index in [-0.39, 0.29) is 6.04 Å². The SMILES string of the molecule is Cc1oc2ccccc2c1C(C)N. The lowest BCUT2D eigenvalue weighted by Crippen LogP contribution is -2.05. The van der Waals surface area contributed by atoms with Crippen molar-refractivity contribution in [2.45, 2.75) is 19.9 Å². The average Bonchev–Trinajstić information content (AvgIpc) is 2.39. The second kappa shape index (κ2) is 2.89. The molecule has 13 heavy (non-hydrogen) atoms. The van der Waals surface area contributed by atoms with Crippen LogP contribution >= 0.6 is 0 Å². The molecule has 2 heteroatoms.